The van der Waals surface area contributed by atoms with Gasteiger partial charge in [-0.15, -0.1) is 0 Å². The molecule has 1 aliphatic rings. The molecule has 1 saturated heterocycles. The summed E-state index contributed by atoms with van der Waals surface area (Å²) in [6.07, 6.45) is 3.80. The molecule has 4 aromatic rings. The number of rotatable bonds is 7. The Bertz CT molecular complexity index is 1620. The summed E-state index contributed by atoms with van der Waals surface area (Å²) in [5.41, 5.74) is 1.92. The van der Waals surface area contributed by atoms with Crippen LogP contribution in [0.5, 0.6) is 0 Å². The average molecular weight is 582 g/mol. The van der Waals surface area contributed by atoms with Crippen LogP contribution in [0.15, 0.2) is 77.8 Å². The molecule has 0 aliphatic carbocycles. The van der Waals surface area contributed by atoms with Gasteiger partial charge in [0.2, 0.25) is 0 Å². The van der Waals surface area contributed by atoms with Crippen LogP contribution in [0.3, 0.4) is 0 Å². The van der Waals surface area contributed by atoms with Crippen LogP contribution in [0.2, 0.25) is 10.0 Å². The number of halogens is 2. The van der Waals surface area contributed by atoms with Crippen LogP contribution in [0.1, 0.15) is 22.9 Å². The molecule has 0 spiro atoms. The van der Waals surface area contributed by atoms with Crippen molar-refractivity contribution in [1.29, 1.82) is 0 Å². The smallest absolute Gasteiger partial charge is 0.325 e. The third-order valence-electron chi connectivity index (χ3n) is 6.15. The third kappa shape index (κ3) is 5.63. The minimum atomic E-state index is -0.657. The first-order valence-corrected chi connectivity index (χ1v) is 13.6. The number of nitro groups is 1. The van der Waals surface area contributed by atoms with Crippen LogP contribution >= 0.6 is 35.0 Å². The van der Waals surface area contributed by atoms with E-state index in [-0.39, 0.29) is 12.2 Å². The molecule has 9 nitrogen and oxygen atoms in total. The number of non-ortho nitro benzene ring substituents is 1. The highest BCUT2D eigenvalue weighted by Crippen LogP contribution is 2.48. The molecule has 1 N–H and O–H groups in total. The Morgan fingerprint density at radius 3 is 2.59 bits per heavy atom. The number of fused-ring (bicyclic) bond motifs is 1. The Morgan fingerprint density at radius 1 is 1.10 bits per heavy atom. The second kappa shape index (κ2) is 11.5. The number of aromatic nitrogens is 2. The zero-order valence-electron chi connectivity index (χ0n) is 20.3. The molecule has 3 amide bonds. The van der Waals surface area contributed by atoms with E-state index in [1.807, 2.05) is 6.07 Å². The van der Waals surface area contributed by atoms with Crippen LogP contribution < -0.4 is 5.32 Å². The van der Waals surface area contributed by atoms with Gasteiger partial charge in [0.25, 0.3) is 11.6 Å². The lowest BCUT2D eigenvalue weighted by Gasteiger charge is -2.23. The number of nitro benzene ring substituents is 1. The van der Waals surface area contributed by atoms with Gasteiger partial charge >= 0.3 is 6.03 Å². The maximum atomic E-state index is 13.4. The number of nitrogens with one attached hydrogen (secondary N) is 1. The molecule has 0 saturated carbocycles. The molecule has 5 rings (SSSR count). The predicted molar refractivity (Wildman–Crippen MR) is 152 cm³/mol. The van der Waals surface area contributed by atoms with Crippen molar-refractivity contribution in [3.8, 4) is 0 Å². The summed E-state index contributed by atoms with van der Waals surface area (Å²) in [4.78, 5) is 38.9. The summed E-state index contributed by atoms with van der Waals surface area (Å²) in [5, 5.41) is 19.3. The molecule has 198 valence electrons. The van der Waals surface area contributed by atoms with Gasteiger partial charge in [-0.1, -0.05) is 71.4 Å². The molecule has 12 heteroatoms. The summed E-state index contributed by atoms with van der Waals surface area (Å²) in [6.45, 7) is 0.668. The molecular weight excluding hydrogens is 561 g/mol. The minimum absolute atomic E-state index is 0.0196. The quantitative estimate of drug-likeness (QED) is 0.113. The number of aryl methyl sites for hydroxylation is 1. The Balaban J connectivity index is 1.31. The van der Waals surface area contributed by atoms with Crippen molar-refractivity contribution in [2.75, 3.05) is 6.54 Å². The van der Waals surface area contributed by atoms with Crippen molar-refractivity contribution in [2.45, 2.75) is 18.3 Å². The van der Waals surface area contributed by atoms with E-state index in [1.165, 1.54) is 28.8 Å². The number of carbonyl (C=O) groups is 2. The zero-order chi connectivity index (χ0) is 27.5. The number of benzene rings is 3. The fourth-order valence-corrected chi connectivity index (χ4v) is 5.97. The highest BCUT2D eigenvalue weighted by molar-refractivity contribution is 8.04. The first kappa shape index (κ1) is 26.7. The van der Waals surface area contributed by atoms with Crippen molar-refractivity contribution >= 4 is 69.6 Å². The lowest BCUT2D eigenvalue weighted by atomic mass is 10.2. The number of urea groups is 1. The fourth-order valence-electron chi connectivity index (χ4n) is 4.21. The predicted octanol–water partition coefficient (Wildman–Crippen LogP) is 6.67. The third-order valence-corrected chi connectivity index (χ3v) is 8.07. The van der Waals surface area contributed by atoms with Crippen molar-refractivity contribution < 1.29 is 14.5 Å². The molecule has 3 aromatic carbocycles. The van der Waals surface area contributed by atoms with Gasteiger partial charge in [0.05, 0.1) is 21.5 Å². The summed E-state index contributed by atoms with van der Waals surface area (Å²) < 4.78 is 1.66. The maximum Gasteiger partial charge on any atom is 0.325 e. The van der Waals surface area contributed by atoms with Gasteiger partial charge in [0, 0.05) is 46.2 Å². The molecule has 1 unspecified atom stereocenters. The molecule has 0 bridgehead atoms. The summed E-state index contributed by atoms with van der Waals surface area (Å²) in [6, 6.07) is 18.2. The summed E-state index contributed by atoms with van der Waals surface area (Å²) in [7, 11) is 0. The van der Waals surface area contributed by atoms with Crippen LogP contribution in [0.25, 0.3) is 17.0 Å². The van der Waals surface area contributed by atoms with E-state index in [2.05, 4.69) is 10.4 Å². The van der Waals surface area contributed by atoms with E-state index < -0.39 is 22.2 Å². The van der Waals surface area contributed by atoms with Crippen LogP contribution in [-0.4, -0.2) is 38.1 Å². The van der Waals surface area contributed by atoms with E-state index in [4.69, 9.17) is 23.2 Å². The molecule has 39 heavy (non-hydrogen) atoms. The normalized spacial score (nSPS) is 16.3. The molecule has 0 radical (unpaired) electrons. The number of nitrogens with zero attached hydrogens (tertiary/aromatic N) is 4. The number of hydrogen-bond donors (Lipinski definition) is 1. The van der Waals surface area contributed by atoms with Gasteiger partial charge in [-0.3, -0.25) is 19.6 Å². The Kier molecular flexibility index (Phi) is 7.87. The van der Waals surface area contributed by atoms with Crippen molar-refractivity contribution in [3.63, 3.8) is 0 Å². The summed E-state index contributed by atoms with van der Waals surface area (Å²) in [5.74, 6) is -0.451. The van der Waals surface area contributed by atoms with E-state index in [0.29, 0.717) is 44.6 Å². The lowest BCUT2D eigenvalue weighted by molar-refractivity contribution is -0.384. The van der Waals surface area contributed by atoms with Crippen molar-refractivity contribution in [3.05, 3.63) is 109 Å². The van der Waals surface area contributed by atoms with Crippen molar-refractivity contribution in [1.82, 2.24) is 20.0 Å². The Hall–Kier alpha value is -3.86. The van der Waals surface area contributed by atoms with Crippen LogP contribution in [-0.2, 0) is 11.3 Å². The maximum absolute atomic E-state index is 13.4. The minimum Gasteiger partial charge on any atom is -0.338 e. The average Bonchev–Trinajstić information content (AvgIpc) is 3.48. The number of thioether (sulfide) groups is 1. The SMILES string of the molecule is O=C(NCCCn1ncc2ccc([N+](=O)[O-])cc21)N1C(=O)/C(=C/c2ccccc2Cl)SC1c1ccccc1Cl. The van der Waals surface area contributed by atoms with Crippen LogP contribution in [0, 0.1) is 10.1 Å². The topological polar surface area (TPSA) is 110 Å². The molecular formula is C27H21Cl2N5O4S. The first-order valence-electron chi connectivity index (χ1n) is 11.9. The molecule has 2 heterocycles. The standard InChI is InChI=1S/C27H21Cl2N5O4S/c28-21-8-3-1-6-17(21)14-24-25(35)33(26(39-24)20-7-2-4-9-22(20)29)27(36)30-12-5-13-32-23-15-19(34(37)38)11-10-18(23)16-31-32/h1-4,6-11,14-16,26H,5,12-13H2,(H,30,36)/b24-14-. The Labute approximate surface area is 237 Å². The van der Waals surface area contributed by atoms with Gasteiger partial charge < -0.3 is 5.32 Å². The van der Waals surface area contributed by atoms with Crippen molar-refractivity contribution in [2.24, 2.45) is 0 Å². The highest BCUT2D eigenvalue weighted by Gasteiger charge is 2.42. The fraction of sp³-hybridized carbons (Fsp3) is 0.148. The van der Waals surface area contributed by atoms with Gasteiger partial charge in [0.1, 0.15) is 5.37 Å². The highest BCUT2D eigenvalue weighted by atomic mass is 35.5. The van der Waals surface area contributed by atoms with Gasteiger partial charge in [-0.05, 0) is 36.3 Å². The summed E-state index contributed by atoms with van der Waals surface area (Å²) >= 11 is 14.0. The molecule has 1 fully saturated rings. The monoisotopic (exact) mass is 581 g/mol. The van der Waals surface area contributed by atoms with E-state index >= 15 is 0 Å². The first-order chi connectivity index (χ1) is 18.8. The zero-order valence-corrected chi connectivity index (χ0v) is 22.6. The van der Waals surface area contributed by atoms with Gasteiger partial charge in [-0.2, -0.15) is 5.10 Å². The van der Waals surface area contributed by atoms with Gasteiger partial charge in [-0.25, -0.2) is 9.69 Å². The molecule has 1 atom stereocenters. The number of carbonyl (C=O) groups excluding carboxylic acids is 2. The second-order valence-electron chi connectivity index (χ2n) is 8.65. The van der Waals surface area contributed by atoms with Crippen LogP contribution in [0.4, 0.5) is 10.5 Å². The van der Waals surface area contributed by atoms with E-state index in [0.717, 1.165) is 5.39 Å². The van der Waals surface area contributed by atoms with E-state index in [1.54, 1.807) is 65.5 Å². The molecule has 1 aliphatic heterocycles. The number of imide groups is 1. The Morgan fingerprint density at radius 2 is 1.85 bits per heavy atom. The largest absolute Gasteiger partial charge is 0.338 e. The second-order valence-corrected chi connectivity index (χ2v) is 10.6. The lowest BCUT2D eigenvalue weighted by Crippen LogP contribution is -2.42. The number of hydrogen-bond acceptors (Lipinski definition) is 6. The molecule has 1 aromatic heterocycles. The van der Waals surface area contributed by atoms with Gasteiger partial charge in [0.15, 0.2) is 0 Å². The number of amides is 3. The van der Waals surface area contributed by atoms with E-state index in [9.17, 15) is 19.7 Å².